The summed E-state index contributed by atoms with van der Waals surface area (Å²) in [5.74, 6) is 1.62. The number of fused-ring (bicyclic) bond motifs is 1. The van der Waals surface area contributed by atoms with Gasteiger partial charge in [-0.15, -0.1) is 23.1 Å². The SMILES string of the molecule is CCOc1cccc2cc(-c3csc(NC(=O)CSc4ccc(C)cc4)n3)oc12. The molecule has 4 aromatic rings. The average Bonchev–Trinajstić information content (AvgIpc) is 3.35. The Morgan fingerprint density at radius 3 is 2.86 bits per heavy atom. The summed E-state index contributed by atoms with van der Waals surface area (Å²) in [6.45, 7) is 4.55. The highest BCUT2D eigenvalue weighted by Gasteiger charge is 2.14. The number of hydrogen-bond acceptors (Lipinski definition) is 6. The Morgan fingerprint density at radius 2 is 2.07 bits per heavy atom. The molecular formula is C22H20N2O3S2. The molecular weight excluding hydrogens is 404 g/mol. The van der Waals surface area contributed by atoms with Crippen molar-refractivity contribution in [3.05, 3.63) is 59.5 Å². The molecule has 5 nitrogen and oxygen atoms in total. The van der Waals surface area contributed by atoms with Crippen LogP contribution in [0.1, 0.15) is 12.5 Å². The molecule has 0 atom stereocenters. The van der Waals surface area contributed by atoms with Crippen LogP contribution in [0.3, 0.4) is 0 Å². The van der Waals surface area contributed by atoms with Crippen molar-refractivity contribution in [3.63, 3.8) is 0 Å². The number of amides is 1. The zero-order valence-electron chi connectivity index (χ0n) is 16.1. The van der Waals surface area contributed by atoms with Crippen LogP contribution in [0, 0.1) is 6.92 Å². The lowest BCUT2D eigenvalue weighted by molar-refractivity contribution is -0.113. The largest absolute Gasteiger partial charge is 0.490 e. The standard InChI is InChI=1S/C22H20N2O3S2/c1-3-26-18-6-4-5-15-11-19(27-21(15)18)17-12-29-22(23-17)24-20(25)13-28-16-9-7-14(2)8-10-16/h4-12H,3,13H2,1-2H3,(H,23,24,25). The van der Waals surface area contributed by atoms with Gasteiger partial charge in [0.25, 0.3) is 0 Å². The van der Waals surface area contributed by atoms with E-state index in [-0.39, 0.29) is 5.91 Å². The molecule has 7 heteroatoms. The van der Waals surface area contributed by atoms with Gasteiger partial charge in [0.05, 0.1) is 12.4 Å². The summed E-state index contributed by atoms with van der Waals surface area (Å²) in [6.07, 6.45) is 0. The Morgan fingerprint density at radius 1 is 1.24 bits per heavy atom. The van der Waals surface area contributed by atoms with E-state index in [2.05, 4.69) is 10.3 Å². The van der Waals surface area contributed by atoms with Crippen molar-refractivity contribution < 1.29 is 13.9 Å². The highest BCUT2D eigenvalue weighted by atomic mass is 32.2. The number of nitrogens with one attached hydrogen (secondary N) is 1. The average molecular weight is 425 g/mol. The van der Waals surface area contributed by atoms with Gasteiger partial charge in [-0.1, -0.05) is 29.8 Å². The van der Waals surface area contributed by atoms with Crippen molar-refractivity contribution in [2.75, 3.05) is 17.7 Å². The molecule has 148 valence electrons. The summed E-state index contributed by atoms with van der Waals surface area (Å²) in [5.41, 5.74) is 2.60. The lowest BCUT2D eigenvalue weighted by Crippen LogP contribution is -2.13. The van der Waals surface area contributed by atoms with Crippen molar-refractivity contribution >= 4 is 45.1 Å². The van der Waals surface area contributed by atoms with Gasteiger partial charge < -0.3 is 14.5 Å². The summed E-state index contributed by atoms with van der Waals surface area (Å²) in [6, 6.07) is 15.9. The first-order valence-electron chi connectivity index (χ1n) is 9.23. The molecule has 0 aliphatic carbocycles. The minimum Gasteiger partial charge on any atom is -0.490 e. The van der Waals surface area contributed by atoms with E-state index >= 15 is 0 Å². The molecule has 1 amide bonds. The third-order valence-electron chi connectivity index (χ3n) is 4.20. The molecule has 0 bridgehead atoms. The second-order valence-corrected chi connectivity index (χ2v) is 8.31. The normalized spacial score (nSPS) is 11.0. The number of benzene rings is 2. The Hall–Kier alpha value is -2.77. The van der Waals surface area contributed by atoms with Crippen LogP contribution < -0.4 is 10.1 Å². The highest BCUT2D eigenvalue weighted by molar-refractivity contribution is 8.00. The number of aryl methyl sites for hydroxylation is 1. The van der Waals surface area contributed by atoms with Crippen molar-refractivity contribution in [1.82, 2.24) is 4.98 Å². The minimum atomic E-state index is -0.0836. The zero-order valence-corrected chi connectivity index (χ0v) is 17.7. The molecule has 0 fully saturated rings. The van der Waals surface area contributed by atoms with Crippen LogP contribution in [0.15, 0.2) is 63.2 Å². The predicted molar refractivity (Wildman–Crippen MR) is 119 cm³/mol. The number of nitrogens with zero attached hydrogens (tertiary/aromatic N) is 1. The van der Waals surface area contributed by atoms with E-state index < -0.39 is 0 Å². The molecule has 4 rings (SSSR count). The van der Waals surface area contributed by atoms with Crippen LogP contribution in [0.2, 0.25) is 0 Å². The van der Waals surface area contributed by atoms with Crippen molar-refractivity contribution in [1.29, 1.82) is 0 Å². The Balaban J connectivity index is 1.43. The van der Waals surface area contributed by atoms with Crippen molar-refractivity contribution in [3.8, 4) is 17.2 Å². The van der Waals surface area contributed by atoms with Gasteiger partial charge >= 0.3 is 0 Å². The second kappa shape index (κ2) is 8.71. The van der Waals surface area contributed by atoms with Crippen molar-refractivity contribution in [2.24, 2.45) is 0 Å². The fourth-order valence-corrected chi connectivity index (χ4v) is 4.23. The van der Waals surface area contributed by atoms with E-state index in [0.717, 1.165) is 10.3 Å². The molecule has 2 aromatic carbocycles. The van der Waals surface area contributed by atoms with E-state index in [0.29, 0.717) is 40.3 Å². The molecule has 0 unspecified atom stereocenters. The summed E-state index contributed by atoms with van der Waals surface area (Å²) in [7, 11) is 0. The molecule has 0 spiro atoms. The first-order chi connectivity index (χ1) is 14.1. The van der Waals surface area contributed by atoms with Gasteiger partial charge in [-0.3, -0.25) is 4.79 Å². The number of anilines is 1. The molecule has 0 aliphatic rings. The van der Waals surface area contributed by atoms with Gasteiger partial charge in [-0.25, -0.2) is 4.98 Å². The smallest absolute Gasteiger partial charge is 0.236 e. The van der Waals surface area contributed by atoms with Gasteiger partial charge in [-0.05, 0) is 38.1 Å². The Labute approximate surface area is 177 Å². The number of carbonyl (C=O) groups is 1. The van der Waals surface area contributed by atoms with Gasteiger partial charge in [0.2, 0.25) is 5.91 Å². The monoisotopic (exact) mass is 424 g/mol. The topological polar surface area (TPSA) is 64.4 Å². The van der Waals surface area contributed by atoms with E-state index in [4.69, 9.17) is 9.15 Å². The number of ether oxygens (including phenoxy) is 1. The first-order valence-corrected chi connectivity index (χ1v) is 11.1. The number of thiazole rings is 1. The molecule has 0 saturated heterocycles. The lowest BCUT2D eigenvalue weighted by atomic mass is 10.2. The van der Waals surface area contributed by atoms with E-state index in [1.165, 1.54) is 28.7 Å². The summed E-state index contributed by atoms with van der Waals surface area (Å²) in [4.78, 5) is 17.8. The second-order valence-electron chi connectivity index (χ2n) is 6.41. The number of hydrogen-bond donors (Lipinski definition) is 1. The maximum atomic E-state index is 12.3. The molecule has 2 aromatic heterocycles. The highest BCUT2D eigenvalue weighted by Crippen LogP contribution is 2.34. The predicted octanol–water partition coefficient (Wildman–Crippen LogP) is 5.99. The first kappa shape index (κ1) is 19.5. The minimum absolute atomic E-state index is 0.0836. The van der Waals surface area contributed by atoms with Gasteiger partial charge in [0.1, 0.15) is 5.69 Å². The van der Waals surface area contributed by atoms with Gasteiger partial charge in [-0.2, -0.15) is 0 Å². The maximum Gasteiger partial charge on any atom is 0.236 e. The Bertz CT molecular complexity index is 1130. The van der Waals surface area contributed by atoms with Gasteiger partial charge in [0.15, 0.2) is 22.2 Å². The summed E-state index contributed by atoms with van der Waals surface area (Å²) in [5, 5.41) is 6.25. The summed E-state index contributed by atoms with van der Waals surface area (Å²) >= 11 is 2.88. The van der Waals surface area contributed by atoms with E-state index in [1.54, 1.807) is 0 Å². The summed E-state index contributed by atoms with van der Waals surface area (Å²) < 4.78 is 11.6. The molecule has 0 radical (unpaired) electrons. The van der Waals surface area contributed by atoms with Crippen LogP contribution in [0.5, 0.6) is 5.75 Å². The lowest BCUT2D eigenvalue weighted by Gasteiger charge is -2.02. The molecule has 2 heterocycles. The van der Waals surface area contributed by atoms with E-state index in [1.807, 2.05) is 67.8 Å². The molecule has 1 N–H and O–H groups in total. The number of rotatable bonds is 7. The number of para-hydroxylation sites is 1. The molecule has 29 heavy (non-hydrogen) atoms. The zero-order chi connectivity index (χ0) is 20.2. The van der Waals surface area contributed by atoms with Crippen LogP contribution in [-0.4, -0.2) is 23.3 Å². The third-order valence-corrected chi connectivity index (χ3v) is 5.97. The third kappa shape index (κ3) is 4.63. The Kier molecular flexibility index (Phi) is 5.87. The van der Waals surface area contributed by atoms with Crippen LogP contribution in [0.25, 0.3) is 22.4 Å². The fraction of sp³-hybridized carbons (Fsp3) is 0.182. The van der Waals surface area contributed by atoms with Gasteiger partial charge in [0, 0.05) is 15.7 Å². The number of thioether (sulfide) groups is 1. The fourth-order valence-electron chi connectivity index (χ4n) is 2.81. The maximum absolute atomic E-state index is 12.3. The van der Waals surface area contributed by atoms with Crippen LogP contribution in [0.4, 0.5) is 5.13 Å². The van der Waals surface area contributed by atoms with Crippen LogP contribution in [-0.2, 0) is 4.79 Å². The number of carbonyl (C=O) groups excluding carboxylic acids is 1. The number of aromatic nitrogens is 1. The van der Waals surface area contributed by atoms with Crippen LogP contribution >= 0.6 is 23.1 Å². The molecule has 0 saturated carbocycles. The van der Waals surface area contributed by atoms with E-state index in [9.17, 15) is 4.79 Å². The van der Waals surface area contributed by atoms with Crippen molar-refractivity contribution in [2.45, 2.75) is 18.7 Å². The molecule has 0 aliphatic heterocycles. The number of furan rings is 1. The quantitative estimate of drug-likeness (QED) is 0.369.